The van der Waals surface area contributed by atoms with E-state index in [1.807, 2.05) is 18.3 Å². The number of nitrogens with zero attached hydrogens (tertiary/aromatic N) is 1. The van der Waals surface area contributed by atoms with Gasteiger partial charge in [0.25, 0.3) is 0 Å². The standard InChI is InChI=1S/C13H16N2OS/c1-10-5-2-3-6-11(10)12-9-14-13(15-12)17-8-4-7-16/h2-3,5-6,9,16H,4,7-8H2,1H3,(H,14,15). The zero-order chi connectivity index (χ0) is 12.1. The first-order valence-electron chi connectivity index (χ1n) is 5.66. The van der Waals surface area contributed by atoms with Gasteiger partial charge in [-0.15, -0.1) is 0 Å². The maximum Gasteiger partial charge on any atom is 0.165 e. The molecule has 1 aromatic carbocycles. The van der Waals surface area contributed by atoms with Gasteiger partial charge in [0.1, 0.15) is 0 Å². The Morgan fingerprint density at radius 3 is 2.94 bits per heavy atom. The van der Waals surface area contributed by atoms with Crippen molar-refractivity contribution in [2.24, 2.45) is 0 Å². The van der Waals surface area contributed by atoms with Gasteiger partial charge < -0.3 is 10.1 Å². The molecule has 0 fully saturated rings. The molecule has 0 aliphatic heterocycles. The van der Waals surface area contributed by atoms with Gasteiger partial charge >= 0.3 is 0 Å². The number of thioether (sulfide) groups is 1. The maximum absolute atomic E-state index is 8.72. The number of rotatable bonds is 5. The number of hydrogen-bond acceptors (Lipinski definition) is 3. The highest BCUT2D eigenvalue weighted by Gasteiger charge is 2.06. The largest absolute Gasteiger partial charge is 0.396 e. The van der Waals surface area contributed by atoms with Gasteiger partial charge in [-0.2, -0.15) is 0 Å². The Bertz CT molecular complexity index is 482. The molecule has 0 saturated heterocycles. The summed E-state index contributed by atoms with van der Waals surface area (Å²) in [6, 6.07) is 8.22. The van der Waals surface area contributed by atoms with Gasteiger partial charge in [0.15, 0.2) is 5.16 Å². The van der Waals surface area contributed by atoms with Crippen molar-refractivity contribution in [3.8, 4) is 11.3 Å². The van der Waals surface area contributed by atoms with E-state index >= 15 is 0 Å². The molecular formula is C13H16N2OS. The molecule has 4 heteroatoms. The molecule has 0 bridgehead atoms. The average Bonchev–Trinajstić information content (AvgIpc) is 2.79. The summed E-state index contributed by atoms with van der Waals surface area (Å²) < 4.78 is 0. The van der Waals surface area contributed by atoms with Gasteiger partial charge in [0, 0.05) is 24.1 Å². The Labute approximate surface area is 105 Å². The fourth-order valence-corrected chi connectivity index (χ4v) is 2.38. The van der Waals surface area contributed by atoms with Crippen molar-refractivity contribution in [2.45, 2.75) is 18.5 Å². The second-order valence-corrected chi connectivity index (χ2v) is 4.92. The molecule has 0 unspecified atom stereocenters. The summed E-state index contributed by atoms with van der Waals surface area (Å²) in [5.74, 6) is 0.886. The SMILES string of the molecule is Cc1ccccc1-c1c[nH]c(SCCCO)n1. The summed E-state index contributed by atoms with van der Waals surface area (Å²) in [5.41, 5.74) is 3.37. The minimum absolute atomic E-state index is 0.234. The molecule has 90 valence electrons. The molecule has 0 saturated carbocycles. The monoisotopic (exact) mass is 248 g/mol. The average molecular weight is 248 g/mol. The molecular weight excluding hydrogens is 232 g/mol. The first kappa shape index (κ1) is 12.2. The van der Waals surface area contributed by atoms with E-state index in [0.717, 1.165) is 28.6 Å². The van der Waals surface area contributed by atoms with Gasteiger partial charge in [0.2, 0.25) is 0 Å². The van der Waals surface area contributed by atoms with Crippen molar-refractivity contribution in [2.75, 3.05) is 12.4 Å². The van der Waals surface area contributed by atoms with E-state index in [1.54, 1.807) is 11.8 Å². The van der Waals surface area contributed by atoms with Crippen molar-refractivity contribution in [1.82, 2.24) is 9.97 Å². The molecule has 1 aromatic heterocycles. The van der Waals surface area contributed by atoms with Crippen LogP contribution in [0.4, 0.5) is 0 Å². The van der Waals surface area contributed by atoms with E-state index in [2.05, 4.69) is 29.0 Å². The number of nitrogens with one attached hydrogen (secondary N) is 1. The van der Waals surface area contributed by atoms with Crippen LogP contribution in [0.5, 0.6) is 0 Å². The number of imidazole rings is 1. The summed E-state index contributed by atoms with van der Waals surface area (Å²) >= 11 is 1.64. The van der Waals surface area contributed by atoms with Crippen LogP contribution in [0.1, 0.15) is 12.0 Å². The molecule has 2 N–H and O–H groups in total. The number of aromatic nitrogens is 2. The van der Waals surface area contributed by atoms with Gasteiger partial charge in [-0.1, -0.05) is 36.0 Å². The van der Waals surface area contributed by atoms with Crippen LogP contribution in [0.25, 0.3) is 11.3 Å². The second kappa shape index (κ2) is 5.89. The number of aromatic amines is 1. The molecule has 0 atom stereocenters. The predicted octanol–water partition coefficient (Wildman–Crippen LogP) is 2.86. The molecule has 1 heterocycles. The van der Waals surface area contributed by atoms with Gasteiger partial charge in [-0.3, -0.25) is 0 Å². The van der Waals surface area contributed by atoms with Crippen LogP contribution in [0, 0.1) is 6.92 Å². The molecule has 0 spiro atoms. The highest BCUT2D eigenvalue weighted by Crippen LogP contribution is 2.24. The van der Waals surface area contributed by atoms with Crippen molar-refractivity contribution >= 4 is 11.8 Å². The lowest BCUT2D eigenvalue weighted by atomic mass is 10.1. The quantitative estimate of drug-likeness (QED) is 0.632. The second-order valence-electron chi connectivity index (χ2n) is 3.83. The van der Waals surface area contributed by atoms with Crippen LogP contribution in [-0.4, -0.2) is 27.4 Å². The molecule has 0 aliphatic carbocycles. The van der Waals surface area contributed by atoms with Crippen LogP contribution < -0.4 is 0 Å². The summed E-state index contributed by atoms with van der Waals surface area (Å²) in [6.45, 7) is 2.32. The number of benzene rings is 1. The van der Waals surface area contributed by atoms with E-state index in [9.17, 15) is 0 Å². The molecule has 0 amide bonds. The fraction of sp³-hybridized carbons (Fsp3) is 0.308. The first-order valence-corrected chi connectivity index (χ1v) is 6.65. The Morgan fingerprint density at radius 1 is 1.35 bits per heavy atom. The van der Waals surface area contributed by atoms with Gasteiger partial charge in [-0.25, -0.2) is 4.98 Å². The summed E-state index contributed by atoms with van der Waals surface area (Å²) in [5, 5.41) is 9.63. The van der Waals surface area contributed by atoms with Crippen LogP contribution in [0.15, 0.2) is 35.6 Å². The third-order valence-corrected chi connectivity index (χ3v) is 3.49. The first-order chi connectivity index (χ1) is 8.31. The lowest BCUT2D eigenvalue weighted by Gasteiger charge is -2.00. The third-order valence-electron chi connectivity index (χ3n) is 2.52. The predicted molar refractivity (Wildman–Crippen MR) is 71.2 cm³/mol. The minimum atomic E-state index is 0.234. The Balaban J connectivity index is 2.10. The topological polar surface area (TPSA) is 48.9 Å². The highest BCUT2D eigenvalue weighted by molar-refractivity contribution is 7.99. The summed E-state index contributed by atoms with van der Waals surface area (Å²) in [4.78, 5) is 7.70. The molecule has 2 aromatic rings. The van der Waals surface area contributed by atoms with Gasteiger partial charge in [-0.05, 0) is 18.9 Å². The van der Waals surface area contributed by atoms with Crippen molar-refractivity contribution in [1.29, 1.82) is 0 Å². The van der Waals surface area contributed by atoms with Crippen molar-refractivity contribution in [3.63, 3.8) is 0 Å². The molecule has 0 radical (unpaired) electrons. The number of hydrogen-bond donors (Lipinski definition) is 2. The number of aliphatic hydroxyl groups excluding tert-OH is 1. The molecule has 17 heavy (non-hydrogen) atoms. The zero-order valence-electron chi connectivity index (χ0n) is 9.81. The van der Waals surface area contributed by atoms with Crippen LogP contribution in [-0.2, 0) is 0 Å². The molecule has 3 nitrogen and oxygen atoms in total. The van der Waals surface area contributed by atoms with Crippen LogP contribution in [0.3, 0.4) is 0 Å². The number of H-pyrrole nitrogens is 1. The van der Waals surface area contributed by atoms with E-state index < -0.39 is 0 Å². The zero-order valence-corrected chi connectivity index (χ0v) is 10.6. The fourth-order valence-electron chi connectivity index (χ4n) is 1.61. The Morgan fingerprint density at radius 2 is 2.18 bits per heavy atom. The molecule has 2 rings (SSSR count). The van der Waals surface area contributed by atoms with Crippen LogP contribution in [0.2, 0.25) is 0 Å². The van der Waals surface area contributed by atoms with E-state index in [-0.39, 0.29) is 6.61 Å². The maximum atomic E-state index is 8.72. The smallest absolute Gasteiger partial charge is 0.165 e. The highest BCUT2D eigenvalue weighted by atomic mass is 32.2. The lowest BCUT2D eigenvalue weighted by molar-refractivity contribution is 0.296. The molecule has 0 aliphatic rings. The van der Waals surface area contributed by atoms with Crippen LogP contribution >= 0.6 is 11.8 Å². The minimum Gasteiger partial charge on any atom is -0.396 e. The third kappa shape index (κ3) is 3.11. The van der Waals surface area contributed by atoms with Crippen molar-refractivity contribution < 1.29 is 5.11 Å². The van der Waals surface area contributed by atoms with E-state index in [4.69, 9.17) is 5.11 Å². The summed E-state index contributed by atoms with van der Waals surface area (Å²) in [7, 11) is 0. The normalized spacial score (nSPS) is 10.7. The number of aliphatic hydroxyl groups is 1. The van der Waals surface area contributed by atoms with E-state index in [1.165, 1.54) is 5.56 Å². The van der Waals surface area contributed by atoms with E-state index in [0.29, 0.717) is 0 Å². The summed E-state index contributed by atoms with van der Waals surface area (Å²) in [6.07, 6.45) is 2.73. The van der Waals surface area contributed by atoms with Gasteiger partial charge in [0.05, 0.1) is 5.69 Å². The number of aryl methyl sites for hydroxylation is 1. The Kier molecular flexibility index (Phi) is 4.23. The lowest BCUT2D eigenvalue weighted by Crippen LogP contribution is -1.86. The van der Waals surface area contributed by atoms with Crippen molar-refractivity contribution in [3.05, 3.63) is 36.0 Å². The Hall–Kier alpha value is -1.26.